The van der Waals surface area contributed by atoms with Gasteiger partial charge >= 0.3 is 0 Å². The van der Waals surface area contributed by atoms with Crippen molar-refractivity contribution in [3.05, 3.63) is 48.0 Å². The van der Waals surface area contributed by atoms with Crippen LogP contribution in [-0.4, -0.2) is 25.2 Å². The lowest BCUT2D eigenvalue weighted by Gasteiger charge is -2.21. The molecular formula is C20H22N2O4. The third-order valence-corrected chi connectivity index (χ3v) is 4.21. The summed E-state index contributed by atoms with van der Waals surface area (Å²) in [7, 11) is 0. The van der Waals surface area contributed by atoms with Crippen molar-refractivity contribution in [1.29, 1.82) is 0 Å². The number of hydrogen-bond donors (Lipinski definition) is 1. The highest BCUT2D eigenvalue weighted by molar-refractivity contribution is 6.01. The van der Waals surface area contributed by atoms with E-state index in [1.165, 1.54) is 17.4 Å². The van der Waals surface area contributed by atoms with E-state index in [0.717, 1.165) is 0 Å². The second-order valence-corrected chi connectivity index (χ2v) is 6.47. The predicted molar refractivity (Wildman–Crippen MR) is 99.8 cm³/mol. The van der Waals surface area contributed by atoms with Crippen LogP contribution in [0.4, 0.5) is 11.4 Å². The number of benzene rings is 2. The number of nitrogens with zero attached hydrogens (tertiary/aromatic N) is 1. The molecule has 0 unspecified atom stereocenters. The molecule has 0 aromatic heterocycles. The molecule has 1 aliphatic heterocycles. The van der Waals surface area contributed by atoms with Crippen LogP contribution in [-0.2, 0) is 9.59 Å². The second kappa shape index (κ2) is 7.47. The minimum absolute atomic E-state index is 0.0647. The zero-order chi connectivity index (χ0) is 18.7. The standard InChI is InChI=1S/C20H22N2O4/c1-13(2)15-4-7-17(8-5-15)22(14(3)23)11-20(24)21-16-6-9-18-19(10-16)26-12-25-18/h4-10,13H,11-12H2,1-3H3,(H,21,24). The van der Waals surface area contributed by atoms with E-state index >= 15 is 0 Å². The van der Waals surface area contributed by atoms with Crippen molar-refractivity contribution in [3.63, 3.8) is 0 Å². The van der Waals surface area contributed by atoms with E-state index in [1.807, 2.05) is 24.3 Å². The fourth-order valence-corrected chi connectivity index (χ4v) is 2.74. The fraction of sp³-hybridized carbons (Fsp3) is 0.300. The number of hydrogen-bond acceptors (Lipinski definition) is 4. The Bertz CT molecular complexity index is 815. The molecule has 2 aromatic carbocycles. The molecule has 1 N–H and O–H groups in total. The first-order valence-corrected chi connectivity index (χ1v) is 8.51. The lowest BCUT2D eigenvalue weighted by Crippen LogP contribution is -2.36. The third kappa shape index (κ3) is 3.96. The van der Waals surface area contributed by atoms with Crippen LogP contribution in [0.15, 0.2) is 42.5 Å². The zero-order valence-corrected chi connectivity index (χ0v) is 15.1. The van der Waals surface area contributed by atoms with Gasteiger partial charge in [0, 0.05) is 24.4 Å². The Kier molecular flexibility index (Phi) is 5.11. The molecule has 0 saturated heterocycles. The minimum Gasteiger partial charge on any atom is -0.454 e. The number of ether oxygens (including phenoxy) is 2. The third-order valence-electron chi connectivity index (χ3n) is 4.21. The van der Waals surface area contributed by atoms with Crippen molar-refractivity contribution >= 4 is 23.2 Å². The molecule has 0 bridgehead atoms. The normalized spacial score (nSPS) is 12.2. The Morgan fingerprint density at radius 2 is 1.77 bits per heavy atom. The predicted octanol–water partition coefficient (Wildman–Crippen LogP) is 3.53. The van der Waals surface area contributed by atoms with Gasteiger partial charge in [0.25, 0.3) is 0 Å². The number of anilines is 2. The molecule has 0 spiro atoms. The molecule has 2 aromatic rings. The summed E-state index contributed by atoms with van der Waals surface area (Å²) in [6.07, 6.45) is 0. The van der Waals surface area contributed by atoms with Gasteiger partial charge in [0.1, 0.15) is 6.54 Å². The smallest absolute Gasteiger partial charge is 0.244 e. The van der Waals surface area contributed by atoms with Crippen LogP contribution < -0.4 is 19.7 Å². The number of carbonyl (C=O) groups excluding carboxylic acids is 2. The Morgan fingerprint density at radius 1 is 1.08 bits per heavy atom. The quantitative estimate of drug-likeness (QED) is 0.892. The summed E-state index contributed by atoms with van der Waals surface area (Å²) >= 11 is 0. The molecule has 136 valence electrons. The number of amides is 2. The van der Waals surface area contributed by atoms with Crippen LogP contribution in [0.3, 0.4) is 0 Å². The van der Waals surface area contributed by atoms with Gasteiger partial charge in [0.05, 0.1) is 0 Å². The van der Waals surface area contributed by atoms with Gasteiger partial charge in [-0.2, -0.15) is 0 Å². The maximum Gasteiger partial charge on any atom is 0.244 e. The van der Waals surface area contributed by atoms with Crippen LogP contribution in [0.2, 0.25) is 0 Å². The average molecular weight is 354 g/mol. The molecular weight excluding hydrogens is 332 g/mol. The van der Waals surface area contributed by atoms with Crippen LogP contribution in [0.25, 0.3) is 0 Å². The van der Waals surface area contributed by atoms with Crippen molar-refractivity contribution in [2.45, 2.75) is 26.7 Å². The van der Waals surface area contributed by atoms with Crippen molar-refractivity contribution in [2.24, 2.45) is 0 Å². The molecule has 3 rings (SSSR count). The van der Waals surface area contributed by atoms with Gasteiger partial charge in [-0.1, -0.05) is 26.0 Å². The van der Waals surface area contributed by atoms with Gasteiger partial charge in [-0.05, 0) is 35.7 Å². The van der Waals surface area contributed by atoms with E-state index in [1.54, 1.807) is 18.2 Å². The van der Waals surface area contributed by atoms with Gasteiger partial charge < -0.3 is 19.7 Å². The SMILES string of the molecule is CC(=O)N(CC(=O)Nc1ccc2c(c1)OCO2)c1ccc(C(C)C)cc1. The molecule has 0 saturated carbocycles. The van der Waals surface area contributed by atoms with Crippen LogP contribution >= 0.6 is 0 Å². The lowest BCUT2D eigenvalue weighted by atomic mass is 10.0. The maximum absolute atomic E-state index is 12.4. The van der Waals surface area contributed by atoms with Crippen molar-refractivity contribution in [2.75, 3.05) is 23.6 Å². The Balaban J connectivity index is 1.69. The summed E-state index contributed by atoms with van der Waals surface area (Å²) in [5.74, 6) is 1.17. The fourth-order valence-electron chi connectivity index (χ4n) is 2.74. The van der Waals surface area contributed by atoms with Crippen LogP contribution in [0.1, 0.15) is 32.3 Å². The van der Waals surface area contributed by atoms with E-state index < -0.39 is 0 Å². The van der Waals surface area contributed by atoms with Gasteiger partial charge in [0.2, 0.25) is 18.6 Å². The Hall–Kier alpha value is -3.02. The first-order chi connectivity index (χ1) is 12.4. The summed E-state index contributed by atoms with van der Waals surface area (Å²) in [4.78, 5) is 25.9. The summed E-state index contributed by atoms with van der Waals surface area (Å²) in [6.45, 7) is 5.78. The Morgan fingerprint density at radius 3 is 2.42 bits per heavy atom. The number of rotatable bonds is 5. The van der Waals surface area contributed by atoms with Crippen molar-refractivity contribution in [1.82, 2.24) is 0 Å². The topological polar surface area (TPSA) is 67.9 Å². The first-order valence-electron chi connectivity index (χ1n) is 8.51. The second-order valence-electron chi connectivity index (χ2n) is 6.47. The summed E-state index contributed by atoms with van der Waals surface area (Å²) < 4.78 is 10.6. The highest BCUT2D eigenvalue weighted by atomic mass is 16.7. The van der Waals surface area contributed by atoms with E-state index in [2.05, 4.69) is 19.2 Å². The first kappa shape index (κ1) is 17.8. The molecule has 26 heavy (non-hydrogen) atoms. The summed E-state index contributed by atoms with van der Waals surface area (Å²) in [5.41, 5.74) is 2.47. The molecule has 2 amide bonds. The number of fused-ring (bicyclic) bond motifs is 1. The lowest BCUT2D eigenvalue weighted by molar-refractivity contribution is -0.120. The molecule has 6 heteroatoms. The highest BCUT2D eigenvalue weighted by Gasteiger charge is 2.18. The van der Waals surface area contributed by atoms with E-state index in [-0.39, 0.29) is 25.2 Å². The Labute approximate surface area is 152 Å². The van der Waals surface area contributed by atoms with E-state index in [0.29, 0.717) is 28.8 Å². The average Bonchev–Trinajstić information content (AvgIpc) is 3.07. The molecule has 1 heterocycles. The van der Waals surface area contributed by atoms with Gasteiger partial charge in [-0.15, -0.1) is 0 Å². The molecule has 0 aliphatic carbocycles. The van der Waals surface area contributed by atoms with Crippen LogP contribution in [0, 0.1) is 0 Å². The van der Waals surface area contributed by atoms with Gasteiger partial charge in [-0.25, -0.2) is 0 Å². The molecule has 0 radical (unpaired) electrons. The van der Waals surface area contributed by atoms with Gasteiger partial charge in [-0.3, -0.25) is 9.59 Å². The molecule has 0 atom stereocenters. The number of nitrogens with one attached hydrogen (secondary N) is 1. The molecule has 0 fully saturated rings. The maximum atomic E-state index is 12.4. The minimum atomic E-state index is -0.285. The van der Waals surface area contributed by atoms with E-state index in [4.69, 9.17) is 9.47 Å². The van der Waals surface area contributed by atoms with Crippen LogP contribution in [0.5, 0.6) is 11.5 Å². The van der Waals surface area contributed by atoms with Crippen molar-refractivity contribution < 1.29 is 19.1 Å². The van der Waals surface area contributed by atoms with Crippen molar-refractivity contribution in [3.8, 4) is 11.5 Å². The summed E-state index contributed by atoms with van der Waals surface area (Å²) in [5, 5.41) is 2.79. The largest absolute Gasteiger partial charge is 0.454 e. The van der Waals surface area contributed by atoms with Gasteiger partial charge in [0.15, 0.2) is 11.5 Å². The molecule has 1 aliphatic rings. The van der Waals surface area contributed by atoms with E-state index in [9.17, 15) is 9.59 Å². The zero-order valence-electron chi connectivity index (χ0n) is 15.1. The summed E-state index contributed by atoms with van der Waals surface area (Å²) in [6, 6.07) is 12.9. The highest BCUT2D eigenvalue weighted by Crippen LogP contribution is 2.34. The number of carbonyl (C=O) groups is 2. The monoisotopic (exact) mass is 354 g/mol. The molecule has 6 nitrogen and oxygen atoms in total.